The molecule has 3 rings (SSSR count). The zero-order valence-corrected chi connectivity index (χ0v) is 15.8. The summed E-state index contributed by atoms with van der Waals surface area (Å²) in [6, 6.07) is 4.19. The lowest BCUT2D eigenvalue weighted by Gasteiger charge is -2.29. The van der Waals surface area contributed by atoms with Gasteiger partial charge in [-0.05, 0) is 55.9 Å². The summed E-state index contributed by atoms with van der Waals surface area (Å²) in [7, 11) is 0. The Balaban J connectivity index is 1.53. The van der Waals surface area contributed by atoms with Gasteiger partial charge in [-0.3, -0.25) is 9.59 Å². The number of fused-ring (bicyclic) bond motifs is 1. The van der Waals surface area contributed by atoms with Crippen molar-refractivity contribution in [1.82, 2.24) is 5.32 Å². The second kappa shape index (κ2) is 7.94. The molecule has 1 aliphatic carbocycles. The molecular weight excluding hydrogens is 330 g/mol. The normalized spacial score (nSPS) is 20.1. The summed E-state index contributed by atoms with van der Waals surface area (Å²) in [6.45, 7) is 5.98. The first kappa shape index (κ1) is 18.5. The van der Waals surface area contributed by atoms with Crippen LogP contribution in [0.3, 0.4) is 0 Å². The Morgan fingerprint density at radius 2 is 1.92 bits per heavy atom. The summed E-state index contributed by atoms with van der Waals surface area (Å²) in [6.07, 6.45) is 6.19. The zero-order valence-electron chi connectivity index (χ0n) is 15.8. The van der Waals surface area contributed by atoms with E-state index in [1.165, 1.54) is 6.42 Å². The van der Waals surface area contributed by atoms with Crippen molar-refractivity contribution in [2.24, 2.45) is 5.92 Å². The molecule has 0 saturated heterocycles. The van der Waals surface area contributed by atoms with E-state index < -0.39 is 5.97 Å². The summed E-state index contributed by atoms with van der Waals surface area (Å²) < 4.78 is 10.7. The van der Waals surface area contributed by atoms with Gasteiger partial charge in [0.2, 0.25) is 0 Å². The number of aryl methyl sites for hydroxylation is 2. The number of hydrogen-bond acceptors (Lipinski definition) is 4. The van der Waals surface area contributed by atoms with Crippen molar-refractivity contribution in [3.63, 3.8) is 0 Å². The summed E-state index contributed by atoms with van der Waals surface area (Å²) in [4.78, 5) is 24.2. The van der Waals surface area contributed by atoms with Crippen molar-refractivity contribution in [1.29, 1.82) is 0 Å². The van der Waals surface area contributed by atoms with Gasteiger partial charge >= 0.3 is 5.97 Å². The van der Waals surface area contributed by atoms with Crippen LogP contribution in [0.2, 0.25) is 0 Å². The van der Waals surface area contributed by atoms with Crippen LogP contribution >= 0.6 is 0 Å². The van der Waals surface area contributed by atoms with E-state index in [4.69, 9.17) is 9.15 Å². The Morgan fingerprint density at radius 1 is 1.19 bits per heavy atom. The monoisotopic (exact) mass is 357 g/mol. The number of carbonyl (C=O) groups is 2. The maximum atomic E-state index is 12.1. The van der Waals surface area contributed by atoms with Crippen LogP contribution in [0.15, 0.2) is 22.8 Å². The van der Waals surface area contributed by atoms with Crippen LogP contribution in [0.4, 0.5) is 0 Å². The van der Waals surface area contributed by atoms with Crippen LogP contribution in [0.25, 0.3) is 11.0 Å². The molecule has 0 radical (unpaired) electrons. The van der Waals surface area contributed by atoms with Gasteiger partial charge in [-0.2, -0.15) is 0 Å². The molecular formula is C21H27NO4. The van der Waals surface area contributed by atoms with Crippen molar-refractivity contribution in [2.75, 3.05) is 6.61 Å². The quantitative estimate of drug-likeness (QED) is 0.826. The number of hydrogen-bond donors (Lipinski definition) is 1. The van der Waals surface area contributed by atoms with E-state index in [1.807, 2.05) is 26.0 Å². The Hall–Kier alpha value is -2.30. The number of ether oxygens (including phenoxy) is 1. The van der Waals surface area contributed by atoms with E-state index in [2.05, 4.69) is 12.2 Å². The first-order valence-electron chi connectivity index (χ1n) is 9.36. The molecule has 2 atom stereocenters. The molecule has 1 N–H and O–H groups in total. The summed E-state index contributed by atoms with van der Waals surface area (Å²) in [5, 5.41) is 3.91. The van der Waals surface area contributed by atoms with E-state index in [9.17, 15) is 9.59 Å². The fourth-order valence-electron chi connectivity index (χ4n) is 3.60. The van der Waals surface area contributed by atoms with Gasteiger partial charge in [-0.1, -0.05) is 19.8 Å². The van der Waals surface area contributed by atoms with Gasteiger partial charge in [-0.15, -0.1) is 0 Å². The highest BCUT2D eigenvalue weighted by atomic mass is 16.5. The molecule has 0 bridgehead atoms. The second-order valence-electron chi connectivity index (χ2n) is 7.47. The first-order chi connectivity index (χ1) is 12.4. The minimum atomic E-state index is -0.419. The summed E-state index contributed by atoms with van der Waals surface area (Å²) >= 11 is 0. The molecule has 0 unspecified atom stereocenters. The lowest BCUT2D eigenvalue weighted by atomic mass is 9.86. The number of esters is 1. The van der Waals surface area contributed by atoms with Gasteiger partial charge < -0.3 is 14.5 Å². The minimum absolute atomic E-state index is 0.0998. The molecule has 1 aliphatic rings. The predicted molar refractivity (Wildman–Crippen MR) is 99.9 cm³/mol. The number of rotatable bonds is 5. The maximum Gasteiger partial charge on any atom is 0.310 e. The van der Waals surface area contributed by atoms with Crippen LogP contribution in [0.1, 0.15) is 49.3 Å². The molecule has 26 heavy (non-hydrogen) atoms. The number of amides is 1. The average molecular weight is 357 g/mol. The van der Waals surface area contributed by atoms with Crippen molar-refractivity contribution >= 4 is 22.8 Å². The molecule has 2 aromatic rings. The number of nitrogens with one attached hydrogen (secondary N) is 1. The molecule has 5 nitrogen and oxygen atoms in total. The van der Waals surface area contributed by atoms with Gasteiger partial charge in [0.05, 0.1) is 12.7 Å². The van der Waals surface area contributed by atoms with E-state index in [1.54, 1.807) is 6.26 Å². The molecule has 1 aromatic heterocycles. The van der Waals surface area contributed by atoms with Crippen LogP contribution in [0.5, 0.6) is 0 Å². The molecule has 1 fully saturated rings. The molecule has 0 spiro atoms. The molecule has 140 valence electrons. The van der Waals surface area contributed by atoms with Gasteiger partial charge in [0.25, 0.3) is 5.91 Å². The summed E-state index contributed by atoms with van der Waals surface area (Å²) in [5.41, 5.74) is 3.85. The van der Waals surface area contributed by atoms with Crippen molar-refractivity contribution in [3.8, 4) is 0 Å². The van der Waals surface area contributed by atoms with Gasteiger partial charge in [-0.25, -0.2) is 0 Å². The SMILES string of the molecule is Cc1cc2occ(CC(=O)OCC(=O)N[C@@H]3CCCC[C@@H]3C)c2cc1C. The topological polar surface area (TPSA) is 68.5 Å². The molecule has 1 amide bonds. The van der Waals surface area contributed by atoms with Crippen LogP contribution in [0, 0.1) is 19.8 Å². The third kappa shape index (κ3) is 4.26. The highest BCUT2D eigenvalue weighted by Crippen LogP contribution is 2.25. The fourth-order valence-corrected chi connectivity index (χ4v) is 3.60. The van der Waals surface area contributed by atoms with Gasteiger partial charge in [0.1, 0.15) is 5.58 Å². The smallest absolute Gasteiger partial charge is 0.310 e. The Kier molecular flexibility index (Phi) is 5.64. The van der Waals surface area contributed by atoms with Crippen molar-refractivity contribution in [2.45, 2.75) is 58.9 Å². The number of carbonyl (C=O) groups excluding carboxylic acids is 2. The van der Waals surface area contributed by atoms with E-state index in [0.29, 0.717) is 5.92 Å². The van der Waals surface area contributed by atoms with Gasteiger partial charge in [0, 0.05) is 17.0 Å². The van der Waals surface area contributed by atoms with Crippen LogP contribution in [-0.2, 0) is 20.7 Å². The van der Waals surface area contributed by atoms with Crippen LogP contribution < -0.4 is 5.32 Å². The Labute approximate surface area is 154 Å². The zero-order chi connectivity index (χ0) is 18.7. The largest absolute Gasteiger partial charge is 0.464 e. The van der Waals surface area contributed by atoms with E-state index >= 15 is 0 Å². The van der Waals surface area contributed by atoms with E-state index in [0.717, 1.165) is 46.9 Å². The van der Waals surface area contributed by atoms with Crippen molar-refractivity contribution in [3.05, 3.63) is 35.1 Å². The molecule has 1 saturated carbocycles. The summed E-state index contributed by atoms with van der Waals surface area (Å²) in [5.74, 6) is -0.161. The van der Waals surface area contributed by atoms with Gasteiger partial charge in [0.15, 0.2) is 6.61 Å². The lowest BCUT2D eigenvalue weighted by Crippen LogP contribution is -2.42. The number of furan rings is 1. The minimum Gasteiger partial charge on any atom is -0.464 e. The molecule has 0 aliphatic heterocycles. The third-order valence-corrected chi connectivity index (χ3v) is 5.43. The standard InChI is InChI=1S/C21H27NO4/c1-13-6-4-5-7-18(13)22-20(23)12-26-21(24)10-16-11-25-19-9-15(3)14(2)8-17(16)19/h8-9,11,13,18H,4-7,10,12H2,1-3H3,(H,22,23)/t13-,18+/m0/s1. The van der Waals surface area contributed by atoms with Crippen molar-refractivity contribution < 1.29 is 18.7 Å². The Bertz CT molecular complexity index is 808. The average Bonchev–Trinajstić information content (AvgIpc) is 2.97. The van der Waals surface area contributed by atoms with Crippen LogP contribution in [-0.4, -0.2) is 24.5 Å². The highest BCUT2D eigenvalue weighted by molar-refractivity contribution is 5.87. The first-order valence-corrected chi connectivity index (χ1v) is 9.36. The Morgan fingerprint density at radius 3 is 2.69 bits per heavy atom. The second-order valence-corrected chi connectivity index (χ2v) is 7.47. The van der Waals surface area contributed by atoms with E-state index in [-0.39, 0.29) is 25.0 Å². The lowest BCUT2D eigenvalue weighted by molar-refractivity contribution is -0.148. The number of benzene rings is 1. The molecule has 5 heteroatoms. The third-order valence-electron chi connectivity index (χ3n) is 5.43. The molecule has 1 aromatic carbocycles. The molecule has 1 heterocycles. The highest BCUT2D eigenvalue weighted by Gasteiger charge is 2.23. The maximum absolute atomic E-state index is 12.1. The fraction of sp³-hybridized carbons (Fsp3) is 0.524. The predicted octanol–water partition coefficient (Wildman–Crippen LogP) is 3.83.